The summed E-state index contributed by atoms with van der Waals surface area (Å²) < 4.78 is 33.1. The average Bonchev–Trinajstić information content (AvgIpc) is 2.66. The zero-order valence-electron chi connectivity index (χ0n) is 18.5. The summed E-state index contributed by atoms with van der Waals surface area (Å²) in [6.07, 6.45) is 9.63. The molecule has 0 heterocycles. The predicted molar refractivity (Wildman–Crippen MR) is 114 cm³/mol. The van der Waals surface area contributed by atoms with Gasteiger partial charge in [-0.3, -0.25) is 0 Å². The van der Waals surface area contributed by atoms with Gasteiger partial charge in [-0.25, -0.2) is 0 Å². The zero-order valence-corrected chi connectivity index (χ0v) is 22.6. The molecular weight excluding hydrogens is 390 g/mol. The van der Waals surface area contributed by atoms with Gasteiger partial charge in [0.15, 0.2) is 0 Å². The van der Waals surface area contributed by atoms with Crippen LogP contribution < -0.4 is 0 Å². The molecule has 0 aliphatic carbocycles. The van der Waals surface area contributed by atoms with E-state index in [0.717, 1.165) is 26.1 Å². The van der Waals surface area contributed by atoms with Gasteiger partial charge in [0.1, 0.15) is 13.2 Å². The third-order valence-electron chi connectivity index (χ3n) is 4.64. The fourth-order valence-electron chi connectivity index (χ4n) is 2.67. The molecule has 27 heavy (non-hydrogen) atoms. The third kappa shape index (κ3) is 20.6. The van der Waals surface area contributed by atoms with Crippen LogP contribution in [0.15, 0.2) is 0 Å². The first-order valence-electron chi connectivity index (χ1n) is 10.6. The Balaban J connectivity index is 0. The van der Waals surface area contributed by atoms with Crippen LogP contribution >= 0.6 is 8.25 Å². The van der Waals surface area contributed by atoms with Crippen LogP contribution in [0.4, 0.5) is 0 Å². The van der Waals surface area contributed by atoms with E-state index in [0.29, 0.717) is 38.3 Å². The zero-order chi connectivity index (χ0) is 19.5. The summed E-state index contributed by atoms with van der Waals surface area (Å²) in [7, 11) is -2.08. The van der Waals surface area contributed by atoms with Crippen LogP contribution in [0.1, 0.15) is 79.1 Å². The number of hydrogen-bond acceptors (Lipinski definition) is 5. The van der Waals surface area contributed by atoms with Crippen molar-refractivity contribution in [3.63, 3.8) is 0 Å². The molecule has 2 unspecified atom stereocenters. The molecule has 0 aliphatic heterocycles. The summed E-state index contributed by atoms with van der Waals surface area (Å²) in [6.45, 7) is 11.8. The maximum Gasteiger partial charge on any atom is 0.697 e. The second-order valence-corrected chi connectivity index (χ2v) is 7.84. The van der Waals surface area contributed by atoms with Crippen LogP contribution in [0, 0.1) is 11.8 Å². The van der Waals surface area contributed by atoms with Crippen molar-refractivity contribution in [2.24, 2.45) is 11.8 Å². The number of ether oxygens (including phenoxy) is 2. The number of unbranched alkanes of at least 4 members (excludes halogenated alkanes) is 2. The minimum Gasteiger partial charge on any atom is -0.379 e. The first kappa shape index (κ1) is 30.8. The summed E-state index contributed by atoms with van der Waals surface area (Å²) >= 11 is 0. The molecule has 0 rings (SSSR count). The Morgan fingerprint density at radius 2 is 1.11 bits per heavy atom. The van der Waals surface area contributed by atoms with E-state index in [1.165, 1.54) is 38.5 Å². The SMILES string of the molecule is CCCCC(CC)COCCO[P+](=O)OCCOCC(CC)CCCC.[K]. The topological polar surface area (TPSA) is 54.0 Å². The molecule has 0 aromatic carbocycles. The van der Waals surface area contributed by atoms with E-state index in [1.807, 2.05) is 0 Å². The van der Waals surface area contributed by atoms with Crippen molar-refractivity contribution in [1.82, 2.24) is 0 Å². The van der Waals surface area contributed by atoms with Crippen molar-refractivity contribution in [2.75, 3.05) is 39.6 Å². The van der Waals surface area contributed by atoms with Gasteiger partial charge in [0.05, 0.1) is 13.2 Å². The molecule has 157 valence electrons. The minimum absolute atomic E-state index is 0. The second kappa shape index (κ2) is 23.9. The van der Waals surface area contributed by atoms with E-state index in [4.69, 9.17) is 18.5 Å². The molecule has 1 radical (unpaired) electrons. The van der Waals surface area contributed by atoms with Gasteiger partial charge in [-0.1, -0.05) is 66.2 Å². The smallest absolute Gasteiger partial charge is 0.379 e. The maximum absolute atomic E-state index is 11.6. The van der Waals surface area contributed by atoms with E-state index in [1.54, 1.807) is 0 Å². The normalized spacial score (nSPS) is 13.9. The molecule has 0 aromatic rings. The van der Waals surface area contributed by atoms with Crippen LogP contribution in [0.25, 0.3) is 0 Å². The van der Waals surface area contributed by atoms with Crippen LogP contribution in [0.5, 0.6) is 0 Å². The van der Waals surface area contributed by atoms with Gasteiger partial charge >= 0.3 is 8.25 Å². The van der Waals surface area contributed by atoms with Gasteiger partial charge in [-0.15, -0.1) is 9.05 Å². The Hall–Kier alpha value is 1.58. The first-order valence-corrected chi connectivity index (χ1v) is 11.7. The molecule has 0 N–H and O–H groups in total. The van der Waals surface area contributed by atoms with Gasteiger partial charge in [-0.2, -0.15) is 0 Å². The molecule has 0 bridgehead atoms. The standard InChI is InChI=1S/C20H42O5P.K/c1-5-9-11-19(7-3)17-22-13-15-24-26(21)25-16-14-23-18-20(8-4)12-10-6-2;/h19-20H,5-18H2,1-4H3;/q+1;. The monoisotopic (exact) mass is 432 g/mol. The average molecular weight is 433 g/mol. The van der Waals surface area contributed by atoms with Crippen LogP contribution in [-0.4, -0.2) is 91.0 Å². The van der Waals surface area contributed by atoms with Gasteiger partial charge in [0.2, 0.25) is 0 Å². The Morgan fingerprint density at radius 1 is 0.704 bits per heavy atom. The minimum atomic E-state index is -2.08. The second-order valence-electron chi connectivity index (χ2n) is 6.87. The Labute approximate surface area is 211 Å². The molecule has 7 heteroatoms. The maximum atomic E-state index is 11.6. The molecule has 0 amide bonds. The number of hydrogen-bond donors (Lipinski definition) is 0. The summed E-state index contributed by atoms with van der Waals surface area (Å²) in [4.78, 5) is 0. The largest absolute Gasteiger partial charge is 0.697 e. The van der Waals surface area contributed by atoms with Gasteiger partial charge in [0.25, 0.3) is 0 Å². The van der Waals surface area contributed by atoms with E-state index in [-0.39, 0.29) is 51.4 Å². The van der Waals surface area contributed by atoms with Gasteiger partial charge in [-0.05, 0) is 24.7 Å². The summed E-state index contributed by atoms with van der Waals surface area (Å²) in [5.41, 5.74) is 0. The molecule has 0 saturated heterocycles. The Morgan fingerprint density at radius 3 is 1.44 bits per heavy atom. The van der Waals surface area contributed by atoms with E-state index >= 15 is 0 Å². The summed E-state index contributed by atoms with van der Waals surface area (Å²) in [5.74, 6) is 1.22. The van der Waals surface area contributed by atoms with Crippen molar-refractivity contribution in [3.8, 4) is 0 Å². The number of rotatable bonds is 20. The van der Waals surface area contributed by atoms with E-state index in [9.17, 15) is 4.57 Å². The van der Waals surface area contributed by atoms with Crippen LogP contribution in [-0.2, 0) is 23.1 Å². The molecule has 2 atom stereocenters. The fraction of sp³-hybridized carbons (Fsp3) is 1.00. The first-order chi connectivity index (χ1) is 12.7. The van der Waals surface area contributed by atoms with Crippen molar-refractivity contribution < 1.29 is 23.1 Å². The third-order valence-corrected chi connectivity index (χ3v) is 5.43. The molecule has 0 fully saturated rings. The van der Waals surface area contributed by atoms with Crippen molar-refractivity contribution in [1.29, 1.82) is 0 Å². The van der Waals surface area contributed by atoms with E-state index < -0.39 is 8.25 Å². The van der Waals surface area contributed by atoms with Crippen LogP contribution in [0.2, 0.25) is 0 Å². The van der Waals surface area contributed by atoms with E-state index in [2.05, 4.69) is 27.7 Å². The summed E-state index contributed by atoms with van der Waals surface area (Å²) in [6, 6.07) is 0. The van der Waals surface area contributed by atoms with Crippen molar-refractivity contribution in [3.05, 3.63) is 0 Å². The molecule has 0 saturated carbocycles. The molecule has 0 spiro atoms. The summed E-state index contributed by atoms with van der Waals surface area (Å²) in [5, 5.41) is 0. The van der Waals surface area contributed by atoms with Gasteiger partial charge in [0, 0.05) is 69.2 Å². The Kier molecular flexibility index (Phi) is 27.2. The molecule has 0 aliphatic rings. The van der Waals surface area contributed by atoms with Crippen molar-refractivity contribution in [2.45, 2.75) is 79.1 Å². The fourth-order valence-corrected chi connectivity index (χ4v) is 3.20. The molecule has 0 aromatic heterocycles. The molecule has 5 nitrogen and oxygen atoms in total. The van der Waals surface area contributed by atoms with Crippen LogP contribution in [0.3, 0.4) is 0 Å². The quantitative estimate of drug-likeness (QED) is 0.139. The molecular formula is C20H42KO5P+. The van der Waals surface area contributed by atoms with Gasteiger partial charge < -0.3 is 9.47 Å². The predicted octanol–water partition coefficient (Wildman–Crippen LogP) is 5.76. The van der Waals surface area contributed by atoms with Crippen molar-refractivity contribution >= 4 is 59.6 Å². The Bertz CT molecular complexity index is 293.